The van der Waals surface area contributed by atoms with Gasteiger partial charge in [-0.25, -0.2) is 8.78 Å². The maximum absolute atomic E-state index is 13.5. The molecule has 0 aliphatic carbocycles. The topological polar surface area (TPSA) is 26.0 Å². The highest BCUT2D eigenvalue weighted by Gasteiger charge is 2.19. The summed E-state index contributed by atoms with van der Waals surface area (Å²) in [5, 5.41) is 0.488. The van der Waals surface area contributed by atoms with Crippen LogP contribution in [0.15, 0.2) is 40.9 Å². The third-order valence-corrected chi connectivity index (χ3v) is 3.79. The van der Waals surface area contributed by atoms with Gasteiger partial charge in [0.25, 0.3) is 0 Å². The molecule has 0 saturated carbocycles. The Kier molecular flexibility index (Phi) is 4.00. The second kappa shape index (κ2) is 5.34. The van der Waals surface area contributed by atoms with Crippen LogP contribution in [-0.2, 0) is 0 Å². The highest BCUT2D eigenvalue weighted by atomic mass is 79.9. The van der Waals surface area contributed by atoms with Gasteiger partial charge in [0.2, 0.25) is 0 Å². The summed E-state index contributed by atoms with van der Waals surface area (Å²) < 4.78 is 26.5. The van der Waals surface area contributed by atoms with Crippen molar-refractivity contribution in [1.82, 2.24) is 0 Å². The zero-order valence-electron chi connectivity index (χ0n) is 9.13. The fourth-order valence-electron chi connectivity index (χ4n) is 1.68. The lowest BCUT2D eigenvalue weighted by Gasteiger charge is -2.16. The Morgan fingerprint density at radius 1 is 1.06 bits per heavy atom. The Morgan fingerprint density at radius 3 is 2.39 bits per heavy atom. The lowest BCUT2D eigenvalue weighted by atomic mass is 9.99. The Balaban J connectivity index is 2.50. The van der Waals surface area contributed by atoms with Gasteiger partial charge in [-0.3, -0.25) is 0 Å². The van der Waals surface area contributed by atoms with Crippen LogP contribution in [0.25, 0.3) is 0 Å². The first-order valence-electron chi connectivity index (χ1n) is 5.15. The maximum atomic E-state index is 13.5. The molecule has 94 valence electrons. The van der Waals surface area contributed by atoms with Gasteiger partial charge in [0.05, 0.1) is 10.5 Å². The van der Waals surface area contributed by atoms with E-state index in [2.05, 4.69) is 15.9 Å². The van der Waals surface area contributed by atoms with Crippen LogP contribution in [0.4, 0.5) is 8.78 Å². The highest BCUT2D eigenvalue weighted by molar-refractivity contribution is 9.10. The normalized spacial score (nSPS) is 12.5. The molecule has 0 saturated heterocycles. The number of hydrogen-bond donors (Lipinski definition) is 1. The van der Waals surface area contributed by atoms with Crippen molar-refractivity contribution < 1.29 is 8.78 Å². The summed E-state index contributed by atoms with van der Waals surface area (Å²) in [5.41, 5.74) is 7.14. The third kappa shape index (κ3) is 2.41. The summed E-state index contributed by atoms with van der Waals surface area (Å²) in [6.45, 7) is 0. The minimum Gasteiger partial charge on any atom is -0.320 e. The Bertz CT molecular complexity index is 589. The summed E-state index contributed by atoms with van der Waals surface area (Å²) in [7, 11) is 0. The summed E-state index contributed by atoms with van der Waals surface area (Å²) in [5.74, 6) is -1.87. The van der Waals surface area contributed by atoms with Crippen LogP contribution >= 0.6 is 27.5 Å². The Morgan fingerprint density at radius 2 is 1.72 bits per heavy atom. The molecular formula is C13H9BrClF2N. The van der Waals surface area contributed by atoms with E-state index in [1.54, 1.807) is 24.3 Å². The van der Waals surface area contributed by atoms with Crippen LogP contribution < -0.4 is 5.73 Å². The van der Waals surface area contributed by atoms with Crippen molar-refractivity contribution in [1.29, 1.82) is 0 Å². The lowest BCUT2D eigenvalue weighted by Crippen LogP contribution is -2.14. The van der Waals surface area contributed by atoms with Crippen LogP contribution in [0.1, 0.15) is 17.2 Å². The zero-order valence-corrected chi connectivity index (χ0v) is 11.5. The van der Waals surface area contributed by atoms with E-state index in [1.807, 2.05) is 0 Å². The quantitative estimate of drug-likeness (QED) is 0.809. The standard InChI is InChI=1S/C13H9BrClF2N/c14-11-8(5-6-10(16)12(11)17)13(18)7-3-1-2-4-9(7)15/h1-6,13H,18H2. The summed E-state index contributed by atoms with van der Waals surface area (Å²) in [6, 6.07) is 8.88. The number of halogens is 4. The monoisotopic (exact) mass is 331 g/mol. The molecule has 0 fully saturated rings. The fourth-order valence-corrected chi connectivity index (χ4v) is 2.50. The molecule has 1 nitrogen and oxygen atoms in total. The molecule has 2 aromatic carbocycles. The van der Waals surface area contributed by atoms with Crippen molar-refractivity contribution in [2.24, 2.45) is 5.73 Å². The van der Waals surface area contributed by atoms with E-state index >= 15 is 0 Å². The number of rotatable bonds is 2. The molecule has 2 N–H and O–H groups in total. The second-order valence-corrected chi connectivity index (χ2v) is 4.96. The first-order chi connectivity index (χ1) is 8.52. The van der Waals surface area contributed by atoms with Gasteiger partial charge in [-0.05, 0) is 39.2 Å². The molecule has 2 rings (SSSR count). The van der Waals surface area contributed by atoms with Crippen molar-refractivity contribution in [3.8, 4) is 0 Å². The average molecular weight is 333 g/mol. The molecule has 0 radical (unpaired) electrons. The van der Waals surface area contributed by atoms with Crippen molar-refractivity contribution in [3.63, 3.8) is 0 Å². The molecule has 1 atom stereocenters. The molecule has 0 aliphatic heterocycles. The van der Waals surface area contributed by atoms with Gasteiger partial charge >= 0.3 is 0 Å². The smallest absolute Gasteiger partial charge is 0.173 e. The SMILES string of the molecule is NC(c1ccccc1Cl)c1ccc(F)c(F)c1Br. The summed E-state index contributed by atoms with van der Waals surface area (Å²) in [6.07, 6.45) is 0. The van der Waals surface area contributed by atoms with E-state index in [9.17, 15) is 8.78 Å². The van der Waals surface area contributed by atoms with E-state index in [1.165, 1.54) is 6.07 Å². The minimum absolute atomic E-state index is 0.0231. The van der Waals surface area contributed by atoms with Gasteiger partial charge < -0.3 is 5.73 Å². The van der Waals surface area contributed by atoms with Crippen molar-refractivity contribution in [2.75, 3.05) is 0 Å². The summed E-state index contributed by atoms with van der Waals surface area (Å²) >= 11 is 9.04. The fraction of sp³-hybridized carbons (Fsp3) is 0.0769. The average Bonchev–Trinajstić information content (AvgIpc) is 2.36. The largest absolute Gasteiger partial charge is 0.320 e. The predicted octanol–water partition coefficient (Wildman–Crippen LogP) is 4.43. The molecule has 1 unspecified atom stereocenters. The van der Waals surface area contributed by atoms with E-state index in [0.29, 0.717) is 16.1 Å². The molecule has 2 aromatic rings. The highest BCUT2D eigenvalue weighted by Crippen LogP contribution is 2.32. The van der Waals surface area contributed by atoms with E-state index < -0.39 is 17.7 Å². The number of hydrogen-bond acceptors (Lipinski definition) is 1. The van der Waals surface area contributed by atoms with Crippen molar-refractivity contribution in [2.45, 2.75) is 6.04 Å². The van der Waals surface area contributed by atoms with Crippen LogP contribution in [0.5, 0.6) is 0 Å². The van der Waals surface area contributed by atoms with Crippen molar-refractivity contribution in [3.05, 3.63) is 68.7 Å². The first kappa shape index (κ1) is 13.5. The Hall–Kier alpha value is -0.970. The number of benzene rings is 2. The summed E-state index contributed by atoms with van der Waals surface area (Å²) in [4.78, 5) is 0. The van der Waals surface area contributed by atoms with E-state index in [0.717, 1.165) is 6.07 Å². The van der Waals surface area contributed by atoms with E-state index in [-0.39, 0.29) is 4.47 Å². The van der Waals surface area contributed by atoms with Crippen LogP contribution in [0, 0.1) is 11.6 Å². The van der Waals surface area contributed by atoms with Gasteiger partial charge in [-0.15, -0.1) is 0 Å². The minimum atomic E-state index is -0.949. The molecule has 0 amide bonds. The maximum Gasteiger partial charge on any atom is 0.173 e. The number of nitrogens with two attached hydrogens (primary N) is 1. The molecule has 0 bridgehead atoms. The second-order valence-electron chi connectivity index (χ2n) is 3.76. The molecule has 18 heavy (non-hydrogen) atoms. The Labute approximate surface area is 117 Å². The third-order valence-electron chi connectivity index (χ3n) is 2.64. The zero-order chi connectivity index (χ0) is 13.3. The van der Waals surface area contributed by atoms with Gasteiger partial charge in [0.15, 0.2) is 11.6 Å². The van der Waals surface area contributed by atoms with Crippen LogP contribution in [-0.4, -0.2) is 0 Å². The van der Waals surface area contributed by atoms with Gasteiger partial charge in [0, 0.05) is 5.02 Å². The van der Waals surface area contributed by atoms with Crippen LogP contribution in [0.2, 0.25) is 5.02 Å². The molecule has 5 heteroatoms. The molecule has 0 aromatic heterocycles. The van der Waals surface area contributed by atoms with Gasteiger partial charge in [0.1, 0.15) is 0 Å². The lowest BCUT2D eigenvalue weighted by molar-refractivity contribution is 0.501. The molecular weight excluding hydrogens is 324 g/mol. The molecule has 0 spiro atoms. The first-order valence-corrected chi connectivity index (χ1v) is 6.33. The van der Waals surface area contributed by atoms with Crippen molar-refractivity contribution >= 4 is 27.5 Å². The predicted molar refractivity (Wildman–Crippen MR) is 71.5 cm³/mol. The van der Waals surface area contributed by atoms with Gasteiger partial charge in [-0.2, -0.15) is 0 Å². The molecule has 0 heterocycles. The van der Waals surface area contributed by atoms with Crippen LogP contribution in [0.3, 0.4) is 0 Å². The molecule has 0 aliphatic rings. The van der Waals surface area contributed by atoms with Gasteiger partial charge in [-0.1, -0.05) is 35.9 Å². The van der Waals surface area contributed by atoms with E-state index in [4.69, 9.17) is 17.3 Å².